The zero-order valence-electron chi connectivity index (χ0n) is 10.4. The van der Waals surface area contributed by atoms with E-state index in [1.807, 2.05) is 12.1 Å². The fourth-order valence-electron chi connectivity index (χ4n) is 2.33. The first-order valence-corrected chi connectivity index (χ1v) is 7.83. The highest BCUT2D eigenvalue weighted by atomic mass is 127. The second-order valence-corrected chi connectivity index (χ2v) is 6.98. The van der Waals surface area contributed by atoms with E-state index in [2.05, 4.69) is 44.0 Å². The molecule has 100 valence electrons. The van der Waals surface area contributed by atoms with Gasteiger partial charge in [-0.15, -0.1) is 0 Å². The molecule has 0 bridgehead atoms. The molecule has 0 N–H and O–H groups in total. The first-order valence-electron chi connectivity index (χ1n) is 6.11. The van der Waals surface area contributed by atoms with Gasteiger partial charge < -0.3 is 0 Å². The first-order chi connectivity index (χ1) is 8.56. The van der Waals surface area contributed by atoms with Crippen molar-refractivity contribution in [1.82, 2.24) is 8.01 Å². The quantitative estimate of drug-likeness (QED) is 0.555. The molecule has 5 heteroatoms. The van der Waals surface area contributed by atoms with E-state index < -0.39 is 0 Å². The maximum Gasteiger partial charge on any atom is 0.0595 e. The molecule has 18 heavy (non-hydrogen) atoms. The lowest BCUT2D eigenvalue weighted by Gasteiger charge is -2.34. The summed E-state index contributed by atoms with van der Waals surface area (Å²) in [7, 11) is 2.19. The second kappa shape index (κ2) is 6.75. The van der Waals surface area contributed by atoms with Crippen LogP contribution in [0.4, 0.5) is 0 Å². The van der Waals surface area contributed by atoms with Crippen LogP contribution in [0.15, 0.2) is 18.2 Å². The van der Waals surface area contributed by atoms with Crippen molar-refractivity contribution < 1.29 is 0 Å². The van der Waals surface area contributed by atoms with Crippen molar-refractivity contribution in [1.29, 1.82) is 0 Å². The van der Waals surface area contributed by atoms with Gasteiger partial charge in [0.25, 0.3) is 0 Å². The van der Waals surface area contributed by atoms with E-state index in [-0.39, 0.29) is 0 Å². The van der Waals surface area contributed by atoms with Crippen molar-refractivity contribution in [2.75, 3.05) is 20.1 Å². The monoisotopic (exact) mass is 398 g/mol. The summed E-state index contributed by atoms with van der Waals surface area (Å²) < 4.78 is 2.36. The molecule has 1 heterocycles. The van der Waals surface area contributed by atoms with E-state index in [9.17, 15) is 0 Å². The Bertz CT molecular complexity index is 406. The highest BCUT2D eigenvalue weighted by Crippen LogP contribution is 2.24. The van der Waals surface area contributed by atoms with Crippen molar-refractivity contribution in [2.45, 2.75) is 25.4 Å². The summed E-state index contributed by atoms with van der Waals surface area (Å²) in [6.45, 7) is 3.29. The topological polar surface area (TPSA) is 6.48 Å². The van der Waals surface area contributed by atoms with Gasteiger partial charge in [0.2, 0.25) is 0 Å². The minimum atomic E-state index is 0.626. The van der Waals surface area contributed by atoms with Crippen LogP contribution in [0.1, 0.15) is 18.4 Å². The van der Waals surface area contributed by atoms with Crippen LogP contribution in [0.5, 0.6) is 0 Å². The standard InChI is InChI=1S/C13H17Cl2IN2/c1-17(11-4-6-18(16)7-5-11)9-10-2-3-12(14)13(15)8-10/h2-3,8,11H,4-7,9H2,1H3. The molecule has 0 amide bonds. The smallest absolute Gasteiger partial charge is 0.0595 e. The Morgan fingerprint density at radius 3 is 2.56 bits per heavy atom. The zero-order valence-corrected chi connectivity index (χ0v) is 14.0. The molecular formula is C13H17Cl2IN2. The average Bonchev–Trinajstić information content (AvgIpc) is 2.34. The van der Waals surface area contributed by atoms with E-state index >= 15 is 0 Å². The molecule has 0 aromatic heterocycles. The Kier molecular flexibility index (Phi) is 5.57. The normalized spacial score (nSPS) is 18.5. The molecule has 1 aromatic carbocycles. The summed E-state index contributed by atoms with van der Waals surface area (Å²) in [6, 6.07) is 6.57. The predicted molar refractivity (Wildman–Crippen MR) is 86.5 cm³/mol. The molecule has 1 aliphatic rings. The molecule has 1 aliphatic heterocycles. The van der Waals surface area contributed by atoms with Gasteiger partial charge in [-0.1, -0.05) is 29.3 Å². The molecule has 2 nitrogen and oxygen atoms in total. The van der Waals surface area contributed by atoms with Gasteiger partial charge in [0.1, 0.15) is 0 Å². The summed E-state index contributed by atoms with van der Waals surface area (Å²) in [6.07, 6.45) is 2.47. The Morgan fingerprint density at radius 1 is 1.28 bits per heavy atom. The molecule has 1 aromatic rings. The van der Waals surface area contributed by atoms with E-state index in [4.69, 9.17) is 23.2 Å². The Labute approximate surface area is 133 Å². The lowest BCUT2D eigenvalue weighted by Crippen LogP contribution is -2.39. The fourth-order valence-corrected chi connectivity index (χ4v) is 3.21. The molecule has 0 atom stereocenters. The van der Waals surface area contributed by atoms with Gasteiger partial charge in [0.05, 0.1) is 10.0 Å². The number of hydrogen-bond donors (Lipinski definition) is 0. The summed E-state index contributed by atoms with van der Waals surface area (Å²) in [5.74, 6) is 0. The molecule has 1 fully saturated rings. The molecule has 0 spiro atoms. The zero-order chi connectivity index (χ0) is 13.1. The van der Waals surface area contributed by atoms with Gasteiger partial charge in [0, 0.05) is 48.5 Å². The minimum Gasteiger partial charge on any atom is -0.299 e. The SMILES string of the molecule is CN(Cc1ccc(Cl)c(Cl)c1)C1CCN(I)CC1. The first kappa shape index (κ1) is 14.9. The number of halogens is 3. The predicted octanol–water partition coefficient (Wildman–Crippen LogP) is 4.24. The van der Waals surface area contributed by atoms with Gasteiger partial charge in [-0.3, -0.25) is 4.90 Å². The minimum absolute atomic E-state index is 0.626. The summed E-state index contributed by atoms with van der Waals surface area (Å²) in [4.78, 5) is 2.42. The van der Waals surface area contributed by atoms with Crippen LogP contribution >= 0.6 is 46.1 Å². The molecule has 1 saturated heterocycles. The molecule has 0 aliphatic carbocycles. The summed E-state index contributed by atoms with van der Waals surface area (Å²) in [5, 5.41) is 1.27. The van der Waals surface area contributed by atoms with Crippen LogP contribution < -0.4 is 0 Å². The van der Waals surface area contributed by atoms with Crippen LogP contribution in [0, 0.1) is 0 Å². The number of rotatable bonds is 3. The van der Waals surface area contributed by atoms with Crippen LogP contribution in [-0.2, 0) is 6.54 Å². The maximum atomic E-state index is 6.04. The number of benzene rings is 1. The number of piperidine rings is 1. The van der Waals surface area contributed by atoms with Crippen molar-refractivity contribution in [3.63, 3.8) is 0 Å². The Balaban J connectivity index is 1.94. The fraction of sp³-hybridized carbons (Fsp3) is 0.538. The number of hydrogen-bond acceptors (Lipinski definition) is 2. The van der Waals surface area contributed by atoms with E-state index in [0.717, 1.165) is 6.54 Å². The van der Waals surface area contributed by atoms with Crippen molar-refractivity contribution in [3.05, 3.63) is 33.8 Å². The molecule has 2 rings (SSSR count). The second-order valence-electron chi connectivity index (χ2n) is 4.80. The van der Waals surface area contributed by atoms with E-state index in [0.29, 0.717) is 16.1 Å². The molecule has 0 saturated carbocycles. The van der Waals surface area contributed by atoms with Crippen molar-refractivity contribution in [2.24, 2.45) is 0 Å². The van der Waals surface area contributed by atoms with Crippen LogP contribution in [0.2, 0.25) is 10.0 Å². The largest absolute Gasteiger partial charge is 0.299 e. The third-order valence-electron chi connectivity index (χ3n) is 3.45. The van der Waals surface area contributed by atoms with Crippen LogP contribution in [0.25, 0.3) is 0 Å². The number of nitrogens with zero attached hydrogens (tertiary/aromatic N) is 2. The molecular weight excluding hydrogens is 382 g/mol. The van der Waals surface area contributed by atoms with E-state index in [1.165, 1.54) is 31.5 Å². The van der Waals surface area contributed by atoms with E-state index in [1.54, 1.807) is 0 Å². The lowest BCUT2D eigenvalue weighted by molar-refractivity contribution is 0.172. The third-order valence-corrected chi connectivity index (χ3v) is 5.15. The van der Waals surface area contributed by atoms with Gasteiger partial charge >= 0.3 is 0 Å². The lowest BCUT2D eigenvalue weighted by atomic mass is 10.0. The van der Waals surface area contributed by atoms with Gasteiger partial charge in [-0.2, -0.15) is 0 Å². The maximum absolute atomic E-state index is 6.04. The molecule has 0 radical (unpaired) electrons. The summed E-state index contributed by atoms with van der Waals surface area (Å²) in [5.41, 5.74) is 1.23. The summed E-state index contributed by atoms with van der Waals surface area (Å²) >= 11 is 14.4. The van der Waals surface area contributed by atoms with Gasteiger partial charge in [0.15, 0.2) is 0 Å². The Morgan fingerprint density at radius 2 is 1.94 bits per heavy atom. The van der Waals surface area contributed by atoms with Gasteiger partial charge in [-0.05, 0) is 37.6 Å². The highest BCUT2D eigenvalue weighted by Gasteiger charge is 2.21. The molecule has 0 unspecified atom stereocenters. The van der Waals surface area contributed by atoms with Crippen molar-refractivity contribution >= 4 is 46.1 Å². The van der Waals surface area contributed by atoms with Crippen LogP contribution in [-0.4, -0.2) is 34.2 Å². The average molecular weight is 399 g/mol. The van der Waals surface area contributed by atoms with Crippen molar-refractivity contribution in [3.8, 4) is 0 Å². The Hall–Kier alpha value is 0.450. The third kappa shape index (κ3) is 3.97. The van der Waals surface area contributed by atoms with Gasteiger partial charge in [-0.25, -0.2) is 3.11 Å². The highest BCUT2D eigenvalue weighted by molar-refractivity contribution is 14.1. The van der Waals surface area contributed by atoms with Crippen LogP contribution in [0.3, 0.4) is 0 Å².